The Kier molecular flexibility index (Phi) is 6.89. The molecule has 0 fully saturated rings. The van der Waals surface area contributed by atoms with Crippen LogP contribution in [0.4, 0.5) is 5.69 Å². The molecule has 3 N–H and O–H groups in total. The highest BCUT2D eigenvalue weighted by Crippen LogP contribution is 2.09. The third-order valence-corrected chi connectivity index (χ3v) is 2.58. The van der Waals surface area contributed by atoms with Crippen molar-refractivity contribution in [2.75, 3.05) is 25.0 Å². The van der Waals surface area contributed by atoms with E-state index >= 15 is 0 Å². The highest BCUT2D eigenvalue weighted by atomic mass is 16.2. The van der Waals surface area contributed by atoms with Crippen LogP contribution in [0, 0.1) is 0 Å². The maximum atomic E-state index is 11.7. The summed E-state index contributed by atoms with van der Waals surface area (Å²) in [6.45, 7) is 6.84. The lowest BCUT2D eigenvalue weighted by Crippen LogP contribution is -2.29. The summed E-state index contributed by atoms with van der Waals surface area (Å²) >= 11 is 0. The molecule has 0 bridgehead atoms. The van der Waals surface area contributed by atoms with E-state index < -0.39 is 0 Å². The molecule has 0 atom stereocenters. The molecule has 1 aromatic carbocycles. The van der Waals surface area contributed by atoms with Crippen molar-refractivity contribution in [3.63, 3.8) is 0 Å². The second-order valence-electron chi connectivity index (χ2n) is 4.28. The third kappa shape index (κ3) is 5.56. The average Bonchev–Trinajstić information content (AvgIpc) is 2.49. The molecule has 5 heteroatoms. The van der Waals surface area contributed by atoms with E-state index in [-0.39, 0.29) is 18.4 Å². The Morgan fingerprint density at radius 1 is 1.20 bits per heavy atom. The van der Waals surface area contributed by atoms with Crippen molar-refractivity contribution in [3.05, 3.63) is 42.5 Å². The molecule has 20 heavy (non-hydrogen) atoms. The first-order chi connectivity index (χ1) is 9.67. The van der Waals surface area contributed by atoms with Gasteiger partial charge < -0.3 is 16.0 Å². The van der Waals surface area contributed by atoms with Crippen molar-refractivity contribution in [3.8, 4) is 0 Å². The summed E-state index contributed by atoms with van der Waals surface area (Å²) in [5, 5.41) is 8.46. The topological polar surface area (TPSA) is 70.2 Å². The number of hydrogen-bond acceptors (Lipinski definition) is 3. The Balaban J connectivity index is 2.44. The summed E-state index contributed by atoms with van der Waals surface area (Å²) in [5.41, 5.74) is 1.41. The summed E-state index contributed by atoms with van der Waals surface area (Å²) in [5.74, 6) is -0.184. The first-order valence-corrected chi connectivity index (χ1v) is 6.67. The van der Waals surface area contributed by atoms with Gasteiger partial charge in [0.25, 0.3) is 5.91 Å². The summed E-state index contributed by atoms with van der Waals surface area (Å²) in [4.78, 5) is 23.1. The molecule has 108 valence electrons. The smallest absolute Gasteiger partial charge is 0.251 e. The first kappa shape index (κ1) is 15.8. The van der Waals surface area contributed by atoms with Crippen LogP contribution < -0.4 is 16.0 Å². The number of benzene rings is 1. The standard InChI is InChI=1S/C15H21N3O2/c1-3-9-16-14(19)11-18-13-7-5-12(6-8-13)15(20)17-10-4-2/h3,5-8,18H,1,4,9-11H2,2H3,(H,16,19)(H,17,20). The molecule has 0 saturated heterocycles. The SMILES string of the molecule is C=CCNC(=O)CNc1ccc(C(=O)NCCC)cc1. The van der Waals surface area contributed by atoms with Gasteiger partial charge in [-0.2, -0.15) is 0 Å². The lowest BCUT2D eigenvalue weighted by molar-refractivity contribution is -0.119. The van der Waals surface area contributed by atoms with E-state index in [2.05, 4.69) is 22.5 Å². The van der Waals surface area contributed by atoms with Crippen LogP contribution in [0.1, 0.15) is 23.7 Å². The number of nitrogens with one attached hydrogen (secondary N) is 3. The van der Waals surface area contributed by atoms with Gasteiger partial charge in [0.2, 0.25) is 5.91 Å². The predicted molar refractivity (Wildman–Crippen MR) is 80.8 cm³/mol. The molecule has 5 nitrogen and oxygen atoms in total. The molecule has 0 unspecified atom stereocenters. The van der Waals surface area contributed by atoms with E-state index in [1.54, 1.807) is 30.3 Å². The van der Waals surface area contributed by atoms with Crippen molar-refractivity contribution in [2.24, 2.45) is 0 Å². The van der Waals surface area contributed by atoms with Gasteiger partial charge in [0.1, 0.15) is 0 Å². The Hall–Kier alpha value is -2.30. The van der Waals surface area contributed by atoms with Gasteiger partial charge in [-0.15, -0.1) is 6.58 Å². The van der Waals surface area contributed by atoms with Gasteiger partial charge in [0, 0.05) is 24.3 Å². The molecule has 1 aromatic rings. The van der Waals surface area contributed by atoms with E-state index in [9.17, 15) is 9.59 Å². The van der Waals surface area contributed by atoms with Crippen molar-refractivity contribution in [1.29, 1.82) is 0 Å². The number of anilines is 1. The molecule has 0 saturated carbocycles. The van der Waals surface area contributed by atoms with Crippen LogP contribution >= 0.6 is 0 Å². The molecule has 0 radical (unpaired) electrons. The van der Waals surface area contributed by atoms with Gasteiger partial charge in [0.05, 0.1) is 6.54 Å². The Morgan fingerprint density at radius 2 is 1.90 bits per heavy atom. The van der Waals surface area contributed by atoms with Crippen LogP contribution in [-0.4, -0.2) is 31.4 Å². The second kappa shape index (κ2) is 8.74. The fourth-order valence-corrected chi connectivity index (χ4v) is 1.51. The van der Waals surface area contributed by atoms with Gasteiger partial charge in [-0.3, -0.25) is 9.59 Å². The molecule has 2 amide bonds. The van der Waals surface area contributed by atoms with Crippen molar-refractivity contribution in [2.45, 2.75) is 13.3 Å². The summed E-state index contributed by atoms with van der Waals surface area (Å²) in [6.07, 6.45) is 2.53. The zero-order chi connectivity index (χ0) is 14.8. The Morgan fingerprint density at radius 3 is 2.50 bits per heavy atom. The largest absolute Gasteiger partial charge is 0.376 e. The number of carbonyl (C=O) groups is 2. The molecular formula is C15H21N3O2. The molecule has 0 spiro atoms. The highest BCUT2D eigenvalue weighted by Gasteiger charge is 2.04. The first-order valence-electron chi connectivity index (χ1n) is 6.67. The molecule has 0 aliphatic carbocycles. The third-order valence-electron chi connectivity index (χ3n) is 2.58. The zero-order valence-corrected chi connectivity index (χ0v) is 11.7. The lowest BCUT2D eigenvalue weighted by atomic mass is 10.2. The minimum Gasteiger partial charge on any atom is -0.376 e. The molecular weight excluding hydrogens is 254 g/mol. The van der Waals surface area contributed by atoms with Crippen molar-refractivity contribution >= 4 is 17.5 Å². The van der Waals surface area contributed by atoms with Gasteiger partial charge >= 0.3 is 0 Å². The van der Waals surface area contributed by atoms with Gasteiger partial charge in [-0.05, 0) is 30.7 Å². The molecule has 1 rings (SSSR count). The monoisotopic (exact) mass is 275 g/mol. The van der Waals surface area contributed by atoms with E-state index in [0.29, 0.717) is 18.7 Å². The van der Waals surface area contributed by atoms with Crippen LogP contribution in [0.3, 0.4) is 0 Å². The fraction of sp³-hybridized carbons (Fsp3) is 0.333. The minimum absolute atomic E-state index is 0.0814. The number of amides is 2. The van der Waals surface area contributed by atoms with Crippen LogP contribution in [0.25, 0.3) is 0 Å². The maximum Gasteiger partial charge on any atom is 0.251 e. The normalized spacial score (nSPS) is 9.65. The molecule has 0 heterocycles. The van der Waals surface area contributed by atoms with Crippen molar-refractivity contribution < 1.29 is 9.59 Å². The molecule has 0 aliphatic rings. The predicted octanol–water partition coefficient (Wildman–Crippen LogP) is 1.54. The maximum absolute atomic E-state index is 11.7. The van der Waals surface area contributed by atoms with Crippen LogP contribution in [-0.2, 0) is 4.79 Å². The minimum atomic E-state index is -0.102. The Bertz CT molecular complexity index is 455. The van der Waals surface area contributed by atoms with E-state index in [1.165, 1.54) is 0 Å². The van der Waals surface area contributed by atoms with Gasteiger partial charge in [0.15, 0.2) is 0 Å². The fourth-order valence-electron chi connectivity index (χ4n) is 1.51. The van der Waals surface area contributed by atoms with Crippen LogP contribution in [0.15, 0.2) is 36.9 Å². The van der Waals surface area contributed by atoms with Gasteiger partial charge in [-0.1, -0.05) is 13.0 Å². The quantitative estimate of drug-likeness (QED) is 0.630. The zero-order valence-electron chi connectivity index (χ0n) is 11.7. The molecule has 0 aromatic heterocycles. The van der Waals surface area contributed by atoms with Crippen molar-refractivity contribution in [1.82, 2.24) is 10.6 Å². The number of rotatable bonds is 8. The highest BCUT2D eigenvalue weighted by molar-refractivity contribution is 5.94. The number of carbonyl (C=O) groups excluding carboxylic acids is 2. The number of hydrogen-bond donors (Lipinski definition) is 3. The summed E-state index contributed by atoms with van der Waals surface area (Å²) in [7, 11) is 0. The van der Waals surface area contributed by atoms with Crippen LogP contribution in [0.5, 0.6) is 0 Å². The van der Waals surface area contributed by atoms with E-state index in [1.807, 2.05) is 6.92 Å². The average molecular weight is 275 g/mol. The summed E-state index contributed by atoms with van der Waals surface area (Å²) in [6, 6.07) is 7.02. The molecule has 0 aliphatic heterocycles. The lowest BCUT2D eigenvalue weighted by Gasteiger charge is -2.08. The second-order valence-corrected chi connectivity index (χ2v) is 4.28. The Labute approximate surface area is 119 Å². The van der Waals surface area contributed by atoms with Gasteiger partial charge in [-0.25, -0.2) is 0 Å². The van der Waals surface area contributed by atoms with E-state index in [4.69, 9.17) is 0 Å². The summed E-state index contributed by atoms with van der Waals surface area (Å²) < 4.78 is 0. The van der Waals surface area contributed by atoms with Crippen LogP contribution in [0.2, 0.25) is 0 Å². The van der Waals surface area contributed by atoms with E-state index in [0.717, 1.165) is 12.1 Å².